The Hall–Kier alpha value is -0.230. The maximum Gasteiger partial charge on any atom is 0.250 e. The van der Waals surface area contributed by atoms with Crippen molar-refractivity contribution in [3.8, 4) is 0 Å². The maximum absolute atomic E-state index is 5.78. The Kier molecular flexibility index (Phi) is 5.53. The second-order valence-electron chi connectivity index (χ2n) is 4.12. The summed E-state index contributed by atoms with van der Waals surface area (Å²) in [5.74, 6) is 1.22. The molecule has 0 aliphatic heterocycles. The summed E-state index contributed by atoms with van der Waals surface area (Å²) in [4.78, 5) is 11.9. The van der Waals surface area contributed by atoms with Crippen LogP contribution in [0.5, 0.6) is 0 Å². The molecule has 0 aliphatic carbocycles. The average molecular weight is 422 g/mol. The van der Waals surface area contributed by atoms with Crippen LogP contribution in [0.25, 0.3) is 12.2 Å². The summed E-state index contributed by atoms with van der Waals surface area (Å²) in [5.41, 5.74) is 0. The van der Waals surface area contributed by atoms with Crippen LogP contribution in [0.2, 0.25) is 0 Å². The molecule has 0 saturated carbocycles. The molecular weight excluding hydrogens is 415 g/mol. The second kappa shape index (κ2) is 6.71. The molecule has 10 heteroatoms. The molecule has 0 radical (unpaired) electrons. The van der Waals surface area contributed by atoms with Crippen molar-refractivity contribution in [2.24, 2.45) is 0 Å². The van der Waals surface area contributed by atoms with Crippen LogP contribution in [0.4, 0.5) is 0 Å². The van der Waals surface area contributed by atoms with E-state index in [4.69, 9.17) is 74.0 Å². The van der Waals surface area contributed by atoms with Gasteiger partial charge in [0.1, 0.15) is 11.5 Å². The van der Waals surface area contributed by atoms with Gasteiger partial charge < -0.3 is 4.42 Å². The molecule has 118 valence electrons. The largest absolute Gasteiger partial charge is 0.462 e. The fourth-order valence-corrected chi connectivity index (χ4v) is 1.93. The first-order valence-electron chi connectivity index (χ1n) is 5.71. The third kappa shape index (κ3) is 4.88. The number of halogens is 6. The van der Waals surface area contributed by atoms with Crippen LogP contribution in [0, 0.1) is 6.92 Å². The van der Waals surface area contributed by atoms with Gasteiger partial charge in [-0.1, -0.05) is 69.6 Å². The van der Waals surface area contributed by atoms with E-state index in [1.54, 1.807) is 12.1 Å². The summed E-state index contributed by atoms with van der Waals surface area (Å²) < 4.78 is 1.63. The van der Waals surface area contributed by atoms with Gasteiger partial charge >= 0.3 is 0 Å². The molecule has 0 aliphatic rings. The van der Waals surface area contributed by atoms with Crippen molar-refractivity contribution in [1.29, 1.82) is 0 Å². The molecule has 0 atom stereocenters. The molecule has 0 spiro atoms. The smallest absolute Gasteiger partial charge is 0.250 e. The van der Waals surface area contributed by atoms with Gasteiger partial charge in [-0.15, -0.1) is 0 Å². The molecule has 0 N–H and O–H groups in total. The molecule has 2 aromatic heterocycles. The normalized spacial score (nSPS) is 13.0. The van der Waals surface area contributed by atoms with Gasteiger partial charge in [-0.3, -0.25) is 0 Å². The first-order valence-corrected chi connectivity index (χ1v) is 7.97. The minimum atomic E-state index is -1.88. The van der Waals surface area contributed by atoms with Crippen LogP contribution < -0.4 is 0 Å². The predicted octanol–water partition coefficient (Wildman–Crippen LogP) is 5.60. The second-order valence-corrected chi connectivity index (χ2v) is 8.68. The Labute approximate surface area is 156 Å². The standard InChI is InChI=1S/C12H7Cl6N3O/c1-6-2-3-7(22-6)4-5-8-19-9(11(13,14)15)21-10(20-8)12(16,17)18/h2-5H,1H3/b5-4-. The average Bonchev–Trinajstić information content (AvgIpc) is 2.80. The molecule has 0 amide bonds. The molecule has 0 fully saturated rings. The molecule has 2 rings (SSSR count). The quantitative estimate of drug-likeness (QED) is 0.592. The Morgan fingerprint density at radius 3 is 1.82 bits per heavy atom. The van der Waals surface area contributed by atoms with Gasteiger partial charge in [-0.05, 0) is 31.2 Å². The van der Waals surface area contributed by atoms with Gasteiger partial charge in [0.05, 0.1) is 0 Å². The van der Waals surface area contributed by atoms with Crippen molar-refractivity contribution in [1.82, 2.24) is 15.0 Å². The van der Waals surface area contributed by atoms with Gasteiger partial charge in [0.15, 0.2) is 17.5 Å². The lowest BCUT2D eigenvalue weighted by molar-refractivity contribution is 0.525. The van der Waals surface area contributed by atoms with E-state index in [1.807, 2.05) is 13.0 Å². The number of hydrogen-bond acceptors (Lipinski definition) is 4. The van der Waals surface area contributed by atoms with E-state index in [0.29, 0.717) is 5.76 Å². The van der Waals surface area contributed by atoms with E-state index in [1.165, 1.54) is 6.08 Å². The Morgan fingerprint density at radius 2 is 1.41 bits per heavy atom. The van der Waals surface area contributed by atoms with Crippen molar-refractivity contribution >= 4 is 81.8 Å². The molecule has 22 heavy (non-hydrogen) atoms. The molecule has 2 aromatic rings. The van der Waals surface area contributed by atoms with E-state index in [-0.39, 0.29) is 17.5 Å². The number of aryl methyl sites for hydroxylation is 1. The van der Waals surface area contributed by atoms with Crippen molar-refractivity contribution in [2.75, 3.05) is 0 Å². The first kappa shape index (κ1) is 18.1. The van der Waals surface area contributed by atoms with Gasteiger partial charge in [0, 0.05) is 0 Å². The minimum absolute atomic E-state index is 0.149. The van der Waals surface area contributed by atoms with Gasteiger partial charge in [-0.25, -0.2) is 15.0 Å². The van der Waals surface area contributed by atoms with Crippen LogP contribution in [0.1, 0.15) is 29.0 Å². The Balaban J connectivity index is 2.44. The fraction of sp³-hybridized carbons (Fsp3) is 0.250. The highest BCUT2D eigenvalue weighted by Crippen LogP contribution is 2.39. The molecule has 2 heterocycles. The van der Waals surface area contributed by atoms with Gasteiger partial charge in [0.2, 0.25) is 7.59 Å². The summed E-state index contributed by atoms with van der Waals surface area (Å²) in [6, 6.07) is 3.59. The minimum Gasteiger partial charge on any atom is -0.462 e. The van der Waals surface area contributed by atoms with Crippen molar-refractivity contribution in [3.63, 3.8) is 0 Å². The first-order chi connectivity index (χ1) is 10.1. The van der Waals surface area contributed by atoms with Gasteiger partial charge in [-0.2, -0.15) is 0 Å². The van der Waals surface area contributed by atoms with Crippen LogP contribution in [0.3, 0.4) is 0 Å². The molecule has 0 aromatic carbocycles. The Bertz CT molecular complexity index is 669. The number of furan rings is 1. The predicted molar refractivity (Wildman–Crippen MR) is 90.7 cm³/mol. The molecule has 0 bridgehead atoms. The summed E-state index contributed by atoms with van der Waals surface area (Å²) >= 11 is 34.7. The third-order valence-corrected chi connectivity index (χ3v) is 3.33. The van der Waals surface area contributed by atoms with Crippen LogP contribution in [-0.2, 0) is 7.59 Å². The summed E-state index contributed by atoms with van der Waals surface area (Å²) in [6.45, 7) is 1.82. The lowest BCUT2D eigenvalue weighted by atomic mass is 10.3. The van der Waals surface area contributed by atoms with E-state index in [9.17, 15) is 0 Å². The third-order valence-electron chi connectivity index (χ3n) is 2.32. The Morgan fingerprint density at radius 1 is 0.864 bits per heavy atom. The lowest BCUT2D eigenvalue weighted by Gasteiger charge is -2.14. The monoisotopic (exact) mass is 419 g/mol. The maximum atomic E-state index is 5.78. The highest BCUT2D eigenvalue weighted by atomic mass is 35.6. The number of rotatable bonds is 2. The highest BCUT2D eigenvalue weighted by Gasteiger charge is 2.33. The molecule has 4 nitrogen and oxygen atoms in total. The highest BCUT2D eigenvalue weighted by molar-refractivity contribution is 6.67. The number of hydrogen-bond donors (Lipinski definition) is 0. The molecular formula is C12H7Cl6N3O. The molecule has 0 saturated heterocycles. The number of nitrogens with zero attached hydrogens (tertiary/aromatic N) is 3. The van der Waals surface area contributed by atoms with Crippen molar-refractivity contribution in [3.05, 3.63) is 41.1 Å². The topological polar surface area (TPSA) is 51.8 Å². The van der Waals surface area contributed by atoms with E-state index in [2.05, 4.69) is 15.0 Å². The van der Waals surface area contributed by atoms with Crippen molar-refractivity contribution < 1.29 is 4.42 Å². The summed E-state index contributed by atoms with van der Waals surface area (Å²) in [6.07, 6.45) is 3.16. The number of alkyl halides is 6. The lowest BCUT2D eigenvalue weighted by Crippen LogP contribution is -2.16. The van der Waals surface area contributed by atoms with E-state index < -0.39 is 7.59 Å². The van der Waals surface area contributed by atoms with E-state index in [0.717, 1.165) is 5.76 Å². The number of aromatic nitrogens is 3. The van der Waals surface area contributed by atoms with Gasteiger partial charge in [0.25, 0.3) is 0 Å². The zero-order valence-corrected chi connectivity index (χ0v) is 15.4. The summed E-state index contributed by atoms with van der Waals surface area (Å²) in [5, 5.41) is 0. The fourth-order valence-electron chi connectivity index (χ4n) is 1.42. The van der Waals surface area contributed by atoms with Crippen LogP contribution in [0.15, 0.2) is 16.5 Å². The van der Waals surface area contributed by atoms with Crippen LogP contribution in [-0.4, -0.2) is 15.0 Å². The summed E-state index contributed by atoms with van der Waals surface area (Å²) in [7, 11) is 0. The van der Waals surface area contributed by atoms with Crippen LogP contribution >= 0.6 is 69.6 Å². The zero-order chi connectivity index (χ0) is 16.5. The van der Waals surface area contributed by atoms with E-state index >= 15 is 0 Å². The SMILES string of the molecule is Cc1ccc(/C=C\c2nc(C(Cl)(Cl)Cl)nc(C(Cl)(Cl)Cl)n2)o1. The molecule has 0 unspecified atom stereocenters. The zero-order valence-electron chi connectivity index (χ0n) is 10.8. The van der Waals surface area contributed by atoms with Crippen molar-refractivity contribution in [2.45, 2.75) is 14.5 Å².